The molecule has 0 spiro atoms. The van der Waals surface area contributed by atoms with Crippen LogP contribution in [0.4, 0.5) is 0 Å². The topological polar surface area (TPSA) is 17.8 Å². The summed E-state index contributed by atoms with van der Waals surface area (Å²) in [7, 11) is 0. The zero-order chi connectivity index (χ0) is 12.4. The minimum absolute atomic E-state index is 0.571. The number of nitrogens with zero attached hydrogens (tertiary/aromatic N) is 2. The molecule has 1 aromatic carbocycles. The summed E-state index contributed by atoms with van der Waals surface area (Å²) < 4.78 is 1.94. The zero-order valence-electron chi connectivity index (χ0n) is 10.4. The normalized spacial score (nSPS) is 11.1. The Morgan fingerprint density at radius 1 is 1.24 bits per heavy atom. The summed E-state index contributed by atoms with van der Waals surface area (Å²) in [5.41, 5.74) is 4.79. The first-order valence-corrected chi connectivity index (χ1v) is 6.95. The van der Waals surface area contributed by atoms with Gasteiger partial charge in [-0.2, -0.15) is 5.10 Å². The van der Waals surface area contributed by atoms with Gasteiger partial charge >= 0.3 is 0 Å². The molecule has 1 heterocycles. The Hall–Kier alpha value is -1.09. The lowest BCUT2D eigenvalue weighted by Gasteiger charge is -2.06. The van der Waals surface area contributed by atoms with E-state index in [-0.39, 0.29) is 0 Å². The molecule has 2 aromatic rings. The predicted octanol–water partition coefficient (Wildman–Crippen LogP) is 4.20. The third-order valence-electron chi connectivity index (χ3n) is 2.97. The third kappa shape index (κ3) is 2.60. The van der Waals surface area contributed by atoms with E-state index in [0.29, 0.717) is 5.92 Å². The highest BCUT2D eigenvalue weighted by Gasteiger charge is 2.05. The lowest BCUT2D eigenvalue weighted by Crippen LogP contribution is -1.95. The first-order chi connectivity index (χ1) is 8.11. The summed E-state index contributed by atoms with van der Waals surface area (Å²) in [6, 6.07) is 8.59. The standard InChI is InChI=1S/C14H17BrN2/c1-10(2)12-4-6-14(7-5-12)17-9-13(8-15)11(3)16-17/h4-7,9-10H,8H2,1-3H3. The molecule has 3 heteroatoms. The molecular weight excluding hydrogens is 276 g/mol. The maximum absolute atomic E-state index is 4.51. The Morgan fingerprint density at radius 3 is 2.35 bits per heavy atom. The van der Waals surface area contributed by atoms with Gasteiger partial charge in [0.25, 0.3) is 0 Å². The van der Waals surface area contributed by atoms with Crippen molar-refractivity contribution >= 4 is 15.9 Å². The number of rotatable bonds is 3. The van der Waals surface area contributed by atoms with Crippen molar-refractivity contribution in [2.75, 3.05) is 0 Å². The fourth-order valence-corrected chi connectivity index (χ4v) is 2.32. The number of hydrogen-bond donors (Lipinski definition) is 0. The summed E-state index contributed by atoms with van der Waals surface area (Å²) in [5, 5.41) is 5.36. The van der Waals surface area contributed by atoms with E-state index in [4.69, 9.17) is 0 Å². The SMILES string of the molecule is Cc1nn(-c2ccc(C(C)C)cc2)cc1CBr. The highest BCUT2D eigenvalue weighted by Crippen LogP contribution is 2.18. The van der Waals surface area contributed by atoms with Gasteiger partial charge in [0.1, 0.15) is 0 Å². The van der Waals surface area contributed by atoms with Crippen LogP contribution in [0.2, 0.25) is 0 Å². The Morgan fingerprint density at radius 2 is 1.88 bits per heavy atom. The summed E-state index contributed by atoms with van der Waals surface area (Å²) >= 11 is 3.47. The predicted molar refractivity (Wildman–Crippen MR) is 75.0 cm³/mol. The summed E-state index contributed by atoms with van der Waals surface area (Å²) in [5.74, 6) is 0.571. The fraction of sp³-hybridized carbons (Fsp3) is 0.357. The van der Waals surface area contributed by atoms with Gasteiger partial charge < -0.3 is 0 Å². The van der Waals surface area contributed by atoms with Crippen molar-refractivity contribution in [2.45, 2.75) is 32.0 Å². The molecule has 2 rings (SSSR count). The van der Waals surface area contributed by atoms with Gasteiger partial charge in [-0.1, -0.05) is 41.9 Å². The van der Waals surface area contributed by atoms with Crippen LogP contribution in [0.15, 0.2) is 30.5 Å². The van der Waals surface area contributed by atoms with E-state index in [9.17, 15) is 0 Å². The van der Waals surface area contributed by atoms with Crippen LogP contribution in [0.1, 0.15) is 36.6 Å². The Bertz CT molecular complexity index is 497. The molecule has 0 saturated heterocycles. The lowest BCUT2D eigenvalue weighted by atomic mass is 10.0. The molecule has 1 aromatic heterocycles. The molecule has 0 radical (unpaired) electrons. The molecule has 0 saturated carbocycles. The molecule has 0 bridgehead atoms. The largest absolute Gasteiger partial charge is 0.240 e. The Balaban J connectivity index is 2.33. The van der Waals surface area contributed by atoms with Gasteiger partial charge in [0.05, 0.1) is 11.4 Å². The van der Waals surface area contributed by atoms with E-state index in [2.05, 4.69) is 65.3 Å². The second kappa shape index (κ2) is 5.05. The smallest absolute Gasteiger partial charge is 0.0645 e. The van der Waals surface area contributed by atoms with Crippen LogP contribution in [0.5, 0.6) is 0 Å². The van der Waals surface area contributed by atoms with E-state index < -0.39 is 0 Å². The van der Waals surface area contributed by atoms with E-state index in [1.807, 2.05) is 11.6 Å². The monoisotopic (exact) mass is 292 g/mol. The van der Waals surface area contributed by atoms with Crippen LogP contribution in [0, 0.1) is 6.92 Å². The number of benzene rings is 1. The quantitative estimate of drug-likeness (QED) is 0.776. The first kappa shape index (κ1) is 12.4. The van der Waals surface area contributed by atoms with Crippen LogP contribution < -0.4 is 0 Å². The van der Waals surface area contributed by atoms with E-state index in [0.717, 1.165) is 16.7 Å². The van der Waals surface area contributed by atoms with Crippen molar-refractivity contribution in [3.63, 3.8) is 0 Å². The van der Waals surface area contributed by atoms with Crippen molar-refractivity contribution in [2.24, 2.45) is 0 Å². The third-order valence-corrected chi connectivity index (χ3v) is 3.57. The number of aromatic nitrogens is 2. The molecular formula is C14H17BrN2. The maximum Gasteiger partial charge on any atom is 0.0645 e. The van der Waals surface area contributed by atoms with Crippen LogP contribution in [-0.2, 0) is 5.33 Å². The van der Waals surface area contributed by atoms with Gasteiger partial charge in [-0.15, -0.1) is 0 Å². The molecule has 0 N–H and O–H groups in total. The number of alkyl halides is 1. The van der Waals surface area contributed by atoms with Crippen LogP contribution in [0.3, 0.4) is 0 Å². The molecule has 2 nitrogen and oxygen atoms in total. The molecule has 17 heavy (non-hydrogen) atoms. The summed E-state index contributed by atoms with van der Waals surface area (Å²) in [6.45, 7) is 6.45. The molecule has 0 aliphatic heterocycles. The number of halogens is 1. The van der Waals surface area contributed by atoms with Crippen molar-refractivity contribution in [3.8, 4) is 5.69 Å². The number of aryl methyl sites for hydroxylation is 1. The van der Waals surface area contributed by atoms with Gasteiger partial charge in [0, 0.05) is 17.1 Å². The molecule has 0 amide bonds. The average molecular weight is 293 g/mol. The van der Waals surface area contributed by atoms with Crippen molar-refractivity contribution in [1.82, 2.24) is 9.78 Å². The Labute approximate surface area is 111 Å². The minimum atomic E-state index is 0.571. The molecule has 0 fully saturated rings. The highest BCUT2D eigenvalue weighted by atomic mass is 79.9. The average Bonchev–Trinajstić information content (AvgIpc) is 2.70. The van der Waals surface area contributed by atoms with Crippen molar-refractivity contribution in [3.05, 3.63) is 47.3 Å². The van der Waals surface area contributed by atoms with Crippen LogP contribution in [0.25, 0.3) is 5.69 Å². The van der Waals surface area contributed by atoms with E-state index in [1.165, 1.54) is 11.1 Å². The van der Waals surface area contributed by atoms with E-state index in [1.54, 1.807) is 0 Å². The zero-order valence-corrected chi connectivity index (χ0v) is 12.0. The summed E-state index contributed by atoms with van der Waals surface area (Å²) in [4.78, 5) is 0. The summed E-state index contributed by atoms with van der Waals surface area (Å²) in [6.07, 6.45) is 2.08. The fourth-order valence-electron chi connectivity index (χ4n) is 1.77. The Kier molecular flexibility index (Phi) is 3.67. The lowest BCUT2D eigenvalue weighted by molar-refractivity contribution is 0.846. The second-order valence-corrected chi connectivity index (χ2v) is 5.12. The first-order valence-electron chi connectivity index (χ1n) is 5.83. The van der Waals surface area contributed by atoms with Gasteiger partial charge in [0.15, 0.2) is 0 Å². The van der Waals surface area contributed by atoms with Gasteiger partial charge in [-0.25, -0.2) is 4.68 Å². The second-order valence-electron chi connectivity index (χ2n) is 4.56. The van der Waals surface area contributed by atoms with Crippen LogP contribution >= 0.6 is 15.9 Å². The molecule has 90 valence electrons. The van der Waals surface area contributed by atoms with Gasteiger partial charge in [-0.3, -0.25) is 0 Å². The minimum Gasteiger partial charge on any atom is -0.240 e. The molecule has 0 aliphatic carbocycles. The molecule has 0 aliphatic rings. The van der Waals surface area contributed by atoms with E-state index >= 15 is 0 Å². The molecule has 0 unspecified atom stereocenters. The molecule has 0 atom stereocenters. The van der Waals surface area contributed by atoms with Crippen molar-refractivity contribution in [1.29, 1.82) is 0 Å². The maximum atomic E-state index is 4.51. The number of hydrogen-bond acceptors (Lipinski definition) is 1. The van der Waals surface area contributed by atoms with Crippen LogP contribution in [-0.4, -0.2) is 9.78 Å². The highest BCUT2D eigenvalue weighted by molar-refractivity contribution is 9.08. The van der Waals surface area contributed by atoms with Crippen molar-refractivity contribution < 1.29 is 0 Å². The van der Waals surface area contributed by atoms with Gasteiger partial charge in [-0.05, 0) is 30.5 Å². The van der Waals surface area contributed by atoms with Gasteiger partial charge in [0.2, 0.25) is 0 Å².